The lowest BCUT2D eigenvalue weighted by Gasteiger charge is -2.34. The van der Waals surface area contributed by atoms with Crippen molar-refractivity contribution in [1.29, 1.82) is 0 Å². The Labute approximate surface area is 161 Å². The minimum absolute atomic E-state index is 0.102. The summed E-state index contributed by atoms with van der Waals surface area (Å²) in [6, 6.07) is 16.7. The number of halogens is 1. The zero-order chi connectivity index (χ0) is 19.1. The summed E-state index contributed by atoms with van der Waals surface area (Å²) in [5.41, 5.74) is 2.22. The molecule has 0 N–H and O–H groups in total. The molecule has 2 aromatic carbocycles. The van der Waals surface area contributed by atoms with Crippen LogP contribution in [0.25, 0.3) is 6.08 Å². The van der Waals surface area contributed by atoms with Gasteiger partial charge in [-0.3, -0.25) is 9.69 Å². The van der Waals surface area contributed by atoms with E-state index < -0.39 is 0 Å². The number of amides is 1. The van der Waals surface area contributed by atoms with E-state index in [4.69, 9.17) is 0 Å². The fraction of sp³-hybridized carbons (Fsp3) is 0.348. The summed E-state index contributed by atoms with van der Waals surface area (Å²) in [6.45, 7) is 6.27. The molecule has 0 bridgehead atoms. The van der Waals surface area contributed by atoms with Crippen LogP contribution in [0, 0.1) is 5.82 Å². The van der Waals surface area contributed by atoms with Crippen LogP contribution in [-0.2, 0) is 4.79 Å². The normalized spacial score (nSPS) is 16.6. The lowest BCUT2D eigenvalue weighted by atomic mass is 9.97. The third kappa shape index (κ3) is 5.76. The molecule has 3 nitrogen and oxygen atoms in total. The smallest absolute Gasteiger partial charge is 0.223 e. The van der Waals surface area contributed by atoms with Gasteiger partial charge in [-0.25, -0.2) is 4.39 Å². The lowest BCUT2D eigenvalue weighted by Crippen LogP contribution is -2.48. The molecular formula is C23H27FN2O. The van der Waals surface area contributed by atoms with Gasteiger partial charge in [0.05, 0.1) is 0 Å². The van der Waals surface area contributed by atoms with Gasteiger partial charge in [0.2, 0.25) is 5.91 Å². The third-order valence-electron chi connectivity index (χ3n) is 5.12. The molecule has 1 atom stereocenters. The van der Waals surface area contributed by atoms with Crippen LogP contribution in [0.2, 0.25) is 0 Å². The number of rotatable bonds is 6. The summed E-state index contributed by atoms with van der Waals surface area (Å²) in [5, 5.41) is 0. The number of hydrogen-bond acceptors (Lipinski definition) is 2. The van der Waals surface area contributed by atoms with Crippen molar-refractivity contribution >= 4 is 12.0 Å². The van der Waals surface area contributed by atoms with Crippen LogP contribution in [0.15, 0.2) is 60.7 Å². The summed E-state index contributed by atoms with van der Waals surface area (Å²) in [4.78, 5) is 16.9. The Bertz CT molecular complexity index is 750. The highest BCUT2D eigenvalue weighted by atomic mass is 19.1. The molecule has 1 aliphatic heterocycles. The van der Waals surface area contributed by atoms with Crippen LogP contribution < -0.4 is 0 Å². The predicted octanol–water partition coefficient (Wildman–Crippen LogP) is 4.18. The standard InChI is InChI=1S/C23H27FN2O/c1-19(21-9-11-22(24)12-10-21)18-23(27)26-16-14-25(15-17-26)13-5-8-20-6-3-2-4-7-20/h2-12,19H,13-18H2,1H3. The number of carbonyl (C=O) groups excluding carboxylic acids is 1. The molecule has 1 unspecified atom stereocenters. The third-order valence-corrected chi connectivity index (χ3v) is 5.12. The van der Waals surface area contributed by atoms with Crippen molar-refractivity contribution in [3.05, 3.63) is 77.6 Å². The molecule has 1 aliphatic rings. The molecule has 0 spiro atoms. The number of carbonyl (C=O) groups is 1. The van der Waals surface area contributed by atoms with Gasteiger partial charge in [-0.2, -0.15) is 0 Å². The first-order valence-corrected chi connectivity index (χ1v) is 9.59. The maximum atomic E-state index is 13.0. The average molecular weight is 366 g/mol. The van der Waals surface area contributed by atoms with E-state index in [1.807, 2.05) is 30.0 Å². The Morgan fingerprint density at radius 3 is 2.37 bits per heavy atom. The van der Waals surface area contributed by atoms with Crippen molar-refractivity contribution in [3.63, 3.8) is 0 Å². The largest absolute Gasteiger partial charge is 0.340 e. The number of benzene rings is 2. The summed E-state index contributed by atoms with van der Waals surface area (Å²) < 4.78 is 13.0. The van der Waals surface area contributed by atoms with Gasteiger partial charge < -0.3 is 4.90 Å². The van der Waals surface area contributed by atoms with Gasteiger partial charge in [-0.15, -0.1) is 0 Å². The molecule has 1 heterocycles. The lowest BCUT2D eigenvalue weighted by molar-refractivity contribution is -0.133. The van der Waals surface area contributed by atoms with E-state index in [1.165, 1.54) is 17.7 Å². The van der Waals surface area contributed by atoms with Gasteiger partial charge in [-0.1, -0.05) is 61.5 Å². The zero-order valence-electron chi connectivity index (χ0n) is 15.9. The van der Waals surface area contributed by atoms with Gasteiger partial charge in [0.25, 0.3) is 0 Å². The molecule has 2 aromatic rings. The van der Waals surface area contributed by atoms with E-state index in [9.17, 15) is 9.18 Å². The van der Waals surface area contributed by atoms with E-state index in [-0.39, 0.29) is 17.6 Å². The van der Waals surface area contributed by atoms with E-state index in [1.54, 1.807) is 12.1 Å². The van der Waals surface area contributed by atoms with Crippen molar-refractivity contribution < 1.29 is 9.18 Å². The molecule has 0 aliphatic carbocycles. The average Bonchev–Trinajstić information content (AvgIpc) is 2.70. The maximum absolute atomic E-state index is 13.0. The van der Waals surface area contributed by atoms with Gasteiger partial charge in [0.1, 0.15) is 5.82 Å². The number of nitrogens with zero attached hydrogens (tertiary/aromatic N) is 2. The van der Waals surface area contributed by atoms with Crippen LogP contribution in [0.5, 0.6) is 0 Å². The second-order valence-corrected chi connectivity index (χ2v) is 7.15. The van der Waals surface area contributed by atoms with Crippen molar-refractivity contribution in [1.82, 2.24) is 9.80 Å². The van der Waals surface area contributed by atoms with Crippen LogP contribution in [0.4, 0.5) is 4.39 Å². The Balaban J connectivity index is 1.42. The van der Waals surface area contributed by atoms with E-state index in [0.717, 1.165) is 38.3 Å². The molecule has 27 heavy (non-hydrogen) atoms. The minimum Gasteiger partial charge on any atom is -0.340 e. The molecule has 0 aromatic heterocycles. The fourth-order valence-electron chi connectivity index (χ4n) is 3.38. The quantitative estimate of drug-likeness (QED) is 0.766. The first-order chi connectivity index (χ1) is 13.1. The van der Waals surface area contributed by atoms with Gasteiger partial charge in [-0.05, 0) is 29.2 Å². The van der Waals surface area contributed by atoms with E-state index in [0.29, 0.717) is 6.42 Å². The SMILES string of the molecule is CC(CC(=O)N1CCN(CC=Cc2ccccc2)CC1)c1ccc(F)cc1. The molecule has 4 heteroatoms. The van der Waals surface area contributed by atoms with Gasteiger partial charge in [0, 0.05) is 39.1 Å². The second kappa shape index (κ2) is 9.47. The molecule has 0 radical (unpaired) electrons. The Kier molecular flexibility index (Phi) is 6.77. The molecule has 142 valence electrons. The van der Waals surface area contributed by atoms with Crippen LogP contribution in [0.3, 0.4) is 0 Å². The highest BCUT2D eigenvalue weighted by molar-refractivity contribution is 5.77. The van der Waals surface area contributed by atoms with Crippen molar-refractivity contribution in [2.45, 2.75) is 19.3 Å². The highest BCUT2D eigenvalue weighted by Crippen LogP contribution is 2.20. The van der Waals surface area contributed by atoms with Crippen molar-refractivity contribution in [2.75, 3.05) is 32.7 Å². The van der Waals surface area contributed by atoms with E-state index in [2.05, 4.69) is 29.2 Å². The fourth-order valence-corrected chi connectivity index (χ4v) is 3.38. The molecule has 1 amide bonds. The van der Waals surface area contributed by atoms with Gasteiger partial charge in [0.15, 0.2) is 0 Å². The van der Waals surface area contributed by atoms with E-state index >= 15 is 0 Å². The van der Waals surface area contributed by atoms with Crippen molar-refractivity contribution in [3.8, 4) is 0 Å². The van der Waals surface area contributed by atoms with Gasteiger partial charge >= 0.3 is 0 Å². The first-order valence-electron chi connectivity index (χ1n) is 9.59. The summed E-state index contributed by atoms with van der Waals surface area (Å²) in [6.07, 6.45) is 4.80. The molecule has 1 fully saturated rings. The molecule has 0 saturated carbocycles. The second-order valence-electron chi connectivity index (χ2n) is 7.15. The maximum Gasteiger partial charge on any atom is 0.223 e. The van der Waals surface area contributed by atoms with Crippen LogP contribution in [-0.4, -0.2) is 48.4 Å². The Hall–Kier alpha value is -2.46. The van der Waals surface area contributed by atoms with Crippen LogP contribution in [0.1, 0.15) is 30.4 Å². The number of hydrogen-bond donors (Lipinski definition) is 0. The molecule has 1 saturated heterocycles. The Morgan fingerprint density at radius 2 is 1.70 bits per heavy atom. The summed E-state index contributed by atoms with van der Waals surface area (Å²) in [5.74, 6) is 0.0472. The Morgan fingerprint density at radius 1 is 1.04 bits per heavy atom. The van der Waals surface area contributed by atoms with Crippen molar-refractivity contribution in [2.24, 2.45) is 0 Å². The highest BCUT2D eigenvalue weighted by Gasteiger charge is 2.22. The number of piperazine rings is 1. The monoisotopic (exact) mass is 366 g/mol. The van der Waals surface area contributed by atoms with Crippen LogP contribution >= 0.6 is 0 Å². The predicted molar refractivity (Wildman–Crippen MR) is 108 cm³/mol. The zero-order valence-corrected chi connectivity index (χ0v) is 15.9. The first kappa shape index (κ1) is 19.3. The summed E-state index contributed by atoms with van der Waals surface area (Å²) >= 11 is 0. The molecular weight excluding hydrogens is 339 g/mol. The topological polar surface area (TPSA) is 23.6 Å². The molecule has 3 rings (SSSR count). The minimum atomic E-state index is -0.241. The summed E-state index contributed by atoms with van der Waals surface area (Å²) in [7, 11) is 0.